The molecule has 1 N–H and O–H groups in total. The fraction of sp³-hybridized carbons (Fsp3) is 0.417. The number of piperidine rings is 2. The third-order valence-electron chi connectivity index (χ3n) is 6.38. The maximum atomic E-state index is 13.1. The molecule has 1 aromatic heterocycles. The number of aromatic nitrogens is 1. The number of pyridine rings is 1. The van der Waals surface area contributed by atoms with Gasteiger partial charge < -0.3 is 19.7 Å². The van der Waals surface area contributed by atoms with Crippen LogP contribution in [0.25, 0.3) is 0 Å². The van der Waals surface area contributed by atoms with E-state index in [0.29, 0.717) is 25.9 Å². The highest BCUT2D eigenvalue weighted by Crippen LogP contribution is 2.40. The minimum atomic E-state index is -0.900. The molecule has 32 heavy (non-hydrogen) atoms. The Balaban J connectivity index is 1.47. The zero-order valence-corrected chi connectivity index (χ0v) is 18.0. The lowest BCUT2D eigenvalue weighted by Crippen LogP contribution is -2.65. The summed E-state index contributed by atoms with van der Waals surface area (Å²) in [5, 5.41) is 3.56. The van der Waals surface area contributed by atoms with Gasteiger partial charge >= 0.3 is 12.1 Å². The number of carbonyl (C=O) groups is 3. The van der Waals surface area contributed by atoms with Crippen LogP contribution in [-0.2, 0) is 25.7 Å². The van der Waals surface area contributed by atoms with Gasteiger partial charge in [-0.25, -0.2) is 4.79 Å². The zero-order chi connectivity index (χ0) is 22.6. The summed E-state index contributed by atoms with van der Waals surface area (Å²) >= 11 is 0. The van der Waals surface area contributed by atoms with Crippen LogP contribution in [0.4, 0.5) is 4.79 Å². The monoisotopic (exact) mass is 437 g/mol. The summed E-state index contributed by atoms with van der Waals surface area (Å²) in [7, 11) is 1.30. The summed E-state index contributed by atoms with van der Waals surface area (Å²) in [4.78, 5) is 44.0. The van der Waals surface area contributed by atoms with Gasteiger partial charge in [0.1, 0.15) is 12.5 Å². The standard InChI is InChI=1S/C24H27N3O5/c1-31-22(29)21-20(28)14-19(18-8-5-11-25-15-18)26-24(21)9-12-27(13-10-24)23(30)32-16-17-6-3-2-4-7-17/h2-8,11,15,19,21,26H,9-10,12-14,16H2,1H3/t19-,21+/m0/s1. The summed E-state index contributed by atoms with van der Waals surface area (Å²) in [5.41, 5.74) is 1.03. The average molecular weight is 437 g/mol. The number of likely N-dealkylation sites (tertiary alicyclic amines) is 1. The third kappa shape index (κ3) is 4.50. The molecule has 2 aliphatic heterocycles. The Kier molecular flexibility index (Phi) is 6.50. The lowest BCUT2D eigenvalue weighted by atomic mass is 9.69. The molecule has 2 atom stereocenters. The fourth-order valence-corrected chi connectivity index (χ4v) is 4.70. The van der Waals surface area contributed by atoms with Crippen molar-refractivity contribution in [1.82, 2.24) is 15.2 Å². The topological polar surface area (TPSA) is 97.8 Å². The second-order valence-electron chi connectivity index (χ2n) is 8.29. The van der Waals surface area contributed by atoms with Crippen molar-refractivity contribution >= 4 is 17.8 Å². The van der Waals surface area contributed by atoms with E-state index in [1.54, 1.807) is 17.3 Å². The third-order valence-corrected chi connectivity index (χ3v) is 6.38. The molecule has 2 aliphatic rings. The Morgan fingerprint density at radius 3 is 2.56 bits per heavy atom. The first kappa shape index (κ1) is 22.0. The second-order valence-corrected chi connectivity index (χ2v) is 8.29. The van der Waals surface area contributed by atoms with Gasteiger partial charge in [-0.2, -0.15) is 0 Å². The van der Waals surface area contributed by atoms with Crippen LogP contribution in [0.3, 0.4) is 0 Å². The van der Waals surface area contributed by atoms with Crippen molar-refractivity contribution in [2.75, 3.05) is 20.2 Å². The number of hydrogen-bond acceptors (Lipinski definition) is 7. The van der Waals surface area contributed by atoms with Crippen molar-refractivity contribution in [3.05, 3.63) is 66.0 Å². The highest BCUT2D eigenvalue weighted by molar-refractivity contribution is 6.01. The molecule has 3 heterocycles. The van der Waals surface area contributed by atoms with E-state index in [2.05, 4.69) is 10.3 Å². The van der Waals surface area contributed by atoms with Crippen molar-refractivity contribution in [3.63, 3.8) is 0 Å². The van der Waals surface area contributed by atoms with Gasteiger partial charge in [-0.15, -0.1) is 0 Å². The zero-order valence-electron chi connectivity index (χ0n) is 18.0. The number of Topliss-reactive ketones (excluding diaryl/α,β-unsaturated/α-hetero) is 1. The maximum absolute atomic E-state index is 13.1. The van der Waals surface area contributed by atoms with Crippen LogP contribution < -0.4 is 5.32 Å². The fourth-order valence-electron chi connectivity index (χ4n) is 4.70. The van der Waals surface area contributed by atoms with E-state index in [9.17, 15) is 14.4 Å². The van der Waals surface area contributed by atoms with Gasteiger partial charge in [-0.05, 0) is 30.0 Å². The van der Waals surface area contributed by atoms with Crippen LogP contribution in [0, 0.1) is 5.92 Å². The SMILES string of the molecule is COC(=O)[C@H]1C(=O)C[C@@H](c2cccnc2)NC12CCN(C(=O)OCc1ccccc1)CC2. The first-order valence-electron chi connectivity index (χ1n) is 10.8. The number of methoxy groups -OCH3 is 1. The van der Waals surface area contributed by atoms with Crippen LogP contribution in [0.1, 0.15) is 36.4 Å². The molecule has 1 spiro atoms. The molecule has 0 unspecified atom stereocenters. The van der Waals surface area contributed by atoms with Gasteiger partial charge in [0.2, 0.25) is 0 Å². The molecule has 2 aromatic rings. The first-order chi connectivity index (χ1) is 15.5. The van der Waals surface area contributed by atoms with Crippen molar-refractivity contribution < 1.29 is 23.9 Å². The van der Waals surface area contributed by atoms with Crippen LogP contribution in [0.2, 0.25) is 0 Å². The highest BCUT2D eigenvalue weighted by atomic mass is 16.6. The number of hydrogen-bond donors (Lipinski definition) is 1. The van der Waals surface area contributed by atoms with E-state index in [4.69, 9.17) is 9.47 Å². The van der Waals surface area contributed by atoms with E-state index in [-0.39, 0.29) is 24.9 Å². The molecule has 0 radical (unpaired) electrons. The Labute approximate surface area is 186 Å². The minimum absolute atomic E-state index is 0.149. The molecule has 4 rings (SSSR count). The number of amides is 1. The lowest BCUT2D eigenvalue weighted by Gasteiger charge is -2.49. The molecule has 2 saturated heterocycles. The molecule has 1 aromatic carbocycles. The van der Waals surface area contributed by atoms with Gasteiger partial charge in [0.15, 0.2) is 5.78 Å². The Hall–Kier alpha value is -3.26. The molecule has 8 heteroatoms. The Morgan fingerprint density at radius 2 is 1.91 bits per heavy atom. The Bertz CT molecular complexity index is 958. The second kappa shape index (κ2) is 9.48. The number of esters is 1. The number of carbonyl (C=O) groups excluding carboxylic acids is 3. The first-order valence-corrected chi connectivity index (χ1v) is 10.8. The molecule has 0 aliphatic carbocycles. The van der Waals surface area contributed by atoms with Crippen LogP contribution in [-0.4, -0.2) is 53.5 Å². The van der Waals surface area contributed by atoms with Gasteiger partial charge in [-0.1, -0.05) is 36.4 Å². The molecular weight excluding hydrogens is 410 g/mol. The van der Waals surface area contributed by atoms with E-state index >= 15 is 0 Å². The van der Waals surface area contributed by atoms with Gasteiger partial charge in [0.05, 0.1) is 7.11 Å². The molecule has 0 bridgehead atoms. The molecule has 8 nitrogen and oxygen atoms in total. The number of rotatable bonds is 4. The Morgan fingerprint density at radius 1 is 1.16 bits per heavy atom. The number of nitrogens with zero attached hydrogens (tertiary/aromatic N) is 2. The number of ether oxygens (including phenoxy) is 2. The predicted molar refractivity (Wildman–Crippen MR) is 115 cm³/mol. The smallest absolute Gasteiger partial charge is 0.410 e. The molecule has 0 saturated carbocycles. The predicted octanol–water partition coefficient (Wildman–Crippen LogP) is 2.65. The van der Waals surface area contributed by atoms with Crippen LogP contribution in [0.5, 0.6) is 0 Å². The van der Waals surface area contributed by atoms with E-state index in [1.165, 1.54) is 7.11 Å². The summed E-state index contributed by atoms with van der Waals surface area (Å²) in [6.45, 7) is 0.953. The van der Waals surface area contributed by atoms with Crippen LogP contribution >= 0.6 is 0 Å². The van der Waals surface area contributed by atoms with Crippen molar-refractivity contribution in [1.29, 1.82) is 0 Å². The maximum Gasteiger partial charge on any atom is 0.410 e. The summed E-state index contributed by atoms with van der Waals surface area (Å²) in [6, 6.07) is 13.0. The largest absolute Gasteiger partial charge is 0.468 e. The van der Waals surface area contributed by atoms with Crippen molar-refractivity contribution in [2.45, 2.75) is 37.5 Å². The summed E-state index contributed by atoms with van der Waals surface area (Å²) < 4.78 is 10.4. The van der Waals surface area contributed by atoms with E-state index in [0.717, 1.165) is 11.1 Å². The van der Waals surface area contributed by atoms with Crippen LogP contribution in [0.15, 0.2) is 54.9 Å². The molecule has 2 fully saturated rings. The molecular formula is C24H27N3O5. The number of benzene rings is 1. The quantitative estimate of drug-likeness (QED) is 0.580. The average Bonchev–Trinajstić information content (AvgIpc) is 2.83. The summed E-state index contributed by atoms with van der Waals surface area (Å²) in [5.74, 6) is -1.58. The van der Waals surface area contributed by atoms with Gasteiger partial charge in [0.25, 0.3) is 0 Å². The van der Waals surface area contributed by atoms with Gasteiger partial charge in [0, 0.05) is 43.5 Å². The van der Waals surface area contributed by atoms with Gasteiger partial charge in [-0.3, -0.25) is 14.6 Å². The van der Waals surface area contributed by atoms with E-state index in [1.807, 2.05) is 42.5 Å². The normalized spacial score (nSPS) is 22.4. The summed E-state index contributed by atoms with van der Waals surface area (Å²) in [6.07, 6.45) is 4.08. The number of ketones is 1. The molecule has 168 valence electrons. The van der Waals surface area contributed by atoms with E-state index < -0.39 is 23.5 Å². The van der Waals surface area contributed by atoms with Crippen molar-refractivity contribution in [3.8, 4) is 0 Å². The number of nitrogens with one attached hydrogen (secondary N) is 1. The molecule has 1 amide bonds. The lowest BCUT2D eigenvalue weighted by molar-refractivity contribution is -0.157. The van der Waals surface area contributed by atoms with Crippen molar-refractivity contribution in [2.24, 2.45) is 5.92 Å². The minimum Gasteiger partial charge on any atom is -0.468 e. The highest BCUT2D eigenvalue weighted by Gasteiger charge is 2.54.